The van der Waals surface area contributed by atoms with Gasteiger partial charge in [0, 0.05) is 73.0 Å². The molecule has 27 nitrogen and oxygen atoms in total. The van der Waals surface area contributed by atoms with Crippen molar-refractivity contribution in [3.63, 3.8) is 0 Å². The molecule has 0 bridgehead atoms. The molecule has 24 atom stereocenters. The Morgan fingerprint density at radius 1 is 0.343 bits per heavy atom. The third kappa shape index (κ3) is 36.7. The first kappa shape index (κ1) is 92.8. The highest BCUT2D eigenvalue weighted by Gasteiger charge is 2.51. The number of aliphatic hydroxyl groups excluding tert-OH is 9. The summed E-state index contributed by atoms with van der Waals surface area (Å²) in [5, 5.41) is 118. The number of carbonyl (C=O) groups is 6. The van der Waals surface area contributed by atoms with Crippen LogP contribution in [-0.4, -0.2) is 247 Å². The van der Waals surface area contributed by atoms with Crippen molar-refractivity contribution in [1.29, 1.82) is 0 Å². The number of rotatable bonds is 48. The molecule has 6 saturated heterocycles. The first-order chi connectivity index (χ1) is 49.8. The van der Waals surface area contributed by atoms with Gasteiger partial charge in [-0.05, 0) is 119 Å². The van der Waals surface area contributed by atoms with E-state index in [1.165, 1.54) is 18.2 Å². The minimum absolute atomic E-state index is 0.0160. The summed E-state index contributed by atoms with van der Waals surface area (Å²) in [7, 11) is 0. The number of aliphatic hydroxyl groups is 9. The summed E-state index contributed by atoms with van der Waals surface area (Å²) < 4.78 is 50.2. The van der Waals surface area contributed by atoms with Crippen LogP contribution in [0, 0.1) is 35.5 Å². The van der Waals surface area contributed by atoms with Crippen molar-refractivity contribution >= 4 is 35.8 Å². The molecule has 6 aliphatic heterocycles. The Kier molecular flexibility index (Phi) is 43.8. The Hall–Kier alpha value is -4.56. The number of carbonyl (C=O) groups excluding carboxylic acids is 3. The number of unbranched alkanes of at least 4 members (excludes halogenated alkanes) is 15. The number of aliphatic carboxylic acids is 3. The monoisotopic (exact) mass is 1500 g/mol. The standard InChI is InChI=1S/3C26H44O9/c3*1-16(13-23(30)33-11-9-7-5-4-6-8-10-22(28)29)12-20-25(32)24(31)19(15-34-20)14-21-26(35-21)17(2)18(3)27/h3*13,17-21,24-27,31-32H,4-12,14-15H2,1-3H3,(H,28,29)/b3*16-13+/t3*17-,18-,19-,20-,21-,24+,25-,26-/m000/s1. The van der Waals surface area contributed by atoms with E-state index in [1.807, 2.05) is 20.8 Å². The zero-order chi connectivity index (χ0) is 77.9. The van der Waals surface area contributed by atoms with Gasteiger partial charge in [0.15, 0.2) is 0 Å². The SMILES string of the molecule is C/C(=C\C(=O)OCCCCCCCCC(=O)O)C[C@@H]1OC[C@H](C[C@@H]2O[C@H]2[C@@H](C)[C@H](C)O)[C@@H](O)[C@H]1O.C/C(=C\C(=O)OCCCCCCCCC(=O)O)C[C@@H]1OC[C@H](C[C@@H]2O[C@H]2[C@@H](C)[C@H](C)O)[C@@H](O)[C@H]1O.C/C(=C\C(=O)OCCCCCCCCC(=O)O)C[C@@H]1OC[C@H](C[C@@H]2O[C@H]2[C@@H](C)[C@H](C)O)[C@@H](O)[C@H]1O. The van der Waals surface area contributed by atoms with E-state index in [9.17, 15) is 74.7 Å². The van der Waals surface area contributed by atoms with Gasteiger partial charge in [-0.1, -0.05) is 115 Å². The largest absolute Gasteiger partial charge is 0.481 e. The van der Waals surface area contributed by atoms with Crippen molar-refractivity contribution in [2.24, 2.45) is 35.5 Å². The van der Waals surface area contributed by atoms with E-state index >= 15 is 0 Å². The van der Waals surface area contributed by atoms with Crippen molar-refractivity contribution in [3.05, 3.63) is 34.9 Å². The second-order valence-corrected chi connectivity index (χ2v) is 30.6. The van der Waals surface area contributed by atoms with Crippen LogP contribution in [0.5, 0.6) is 0 Å². The van der Waals surface area contributed by atoms with Crippen molar-refractivity contribution in [2.45, 2.75) is 346 Å². The topological polar surface area (TPSA) is 438 Å². The second kappa shape index (κ2) is 49.6. The van der Waals surface area contributed by atoms with Crippen LogP contribution < -0.4 is 0 Å². The Labute approximate surface area is 621 Å². The van der Waals surface area contributed by atoms with Crippen molar-refractivity contribution in [1.82, 2.24) is 0 Å². The lowest BCUT2D eigenvalue weighted by molar-refractivity contribution is -0.165. The molecule has 0 amide bonds. The molecular formula is C78H132O27. The average molecular weight is 1500 g/mol. The van der Waals surface area contributed by atoms with Gasteiger partial charge in [0.05, 0.1) is 131 Å². The van der Waals surface area contributed by atoms with Gasteiger partial charge in [-0.15, -0.1) is 0 Å². The lowest BCUT2D eigenvalue weighted by atomic mass is 9.85. The van der Waals surface area contributed by atoms with Crippen LogP contribution in [0.15, 0.2) is 34.9 Å². The highest BCUT2D eigenvalue weighted by Crippen LogP contribution is 2.42. The number of carboxylic acids is 3. The van der Waals surface area contributed by atoms with Crippen LogP contribution in [0.25, 0.3) is 0 Å². The molecule has 0 unspecified atom stereocenters. The smallest absolute Gasteiger partial charge is 0.330 e. The molecule has 0 aromatic rings. The van der Waals surface area contributed by atoms with Crippen molar-refractivity contribution in [3.8, 4) is 0 Å². The fraction of sp³-hybridized carbons (Fsp3) is 0.846. The van der Waals surface area contributed by atoms with Crippen LogP contribution >= 0.6 is 0 Å². The van der Waals surface area contributed by atoms with E-state index in [2.05, 4.69) is 0 Å². The zero-order valence-corrected chi connectivity index (χ0v) is 63.9. The first-order valence-corrected chi connectivity index (χ1v) is 38.9. The van der Waals surface area contributed by atoms with E-state index < -0.39 is 109 Å². The summed E-state index contributed by atoms with van der Waals surface area (Å²) >= 11 is 0. The number of carboxylic acid groups (broad SMARTS) is 3. The van der Waals surface area contributed by atoms with E-state index in [0.717, 1.165) is 96.3 Å². The minimum Gasteiger partial charge on any atom is -0.481 e. The molecular weight excluding hydrogens is 1370 g/mol. The molecule has 0 saturated carbocycles. The van der Waals surface area contributed by atoms with Crippen LogP contribution in [-0.2, 0) is 71.4 Å². The van der Waals surface area contributed by atoms with Crippen LogP contribution in [0.2, 0.25) is 0 Å². The van der Waals surface area contributed by atoms with Gasteiger partial charge >= 0.3 is 35.8 Å². The Morgan fingerprint density at radius 2 is 0.562 bits per heavy atom. The Bertz CT molecular complexity index is 2350. The molecule has 27 heteroatoms. The molecule has 606 valence electrons. The normalized spacial score (nSPS) is 30.5. The second-order valence-electron chi connectivity index (χ2n) is 30.6. The predicted octanol–water partition coefficient (Wildman–Crippen LogP) is 7.78. The minimum atomic E-state index is -1.06. The van der Waals surface area contributed by atoms with Gasteiger partial charge < -0.3 is 104 Å². The lowest BCUT2D eigenvalue weighted by Gasteiger charge is -2.38. The highest BCUT2D eigenvalue weighted by molar-refractivity contribution is 5.83. The fourth-order valence-corrected chi connectivity index (χ4v) is 13.8. The van der Waals surface area contributed by atoms with E-state index in [1.54, 1.807) is 41.5 Å². The maximum absolute atomic E-state index is 12.1. The summed E-state index contributed by atoms with van der Waals surface area (Å²) in [6, 6.07) is 0. The van der Waals surface area contributed by atoms with Crippen LogP contribution in [0.3, 0.4) is 0 Å². The summed E-state index contributed by atoms with van der Waals surface area (Å²) in [5.74, 6) is -4.27. The molecule has 0 aromatic heterocycles. The third-order valence-corrected chi connectivity index (χ3v) is 21.3. The summed E-state index contributed by atoms with van der Waals surface area (Å²) in [5.41, 5.74) is 2.12. The summed E-state index contributed by atoms with van der Waals surface area (Å²) in [6.45, 7) is 18.2. The molecule has 105 heavy (non-hydrogen) atoms. The predicted molar refractivity (Wildman–Crippen MR) is 386 cm³/mol. The van der Waals surface area contributed by atoms with Gasteiger partial charge in [0.25, 0.3) is 0 Å². The first-order valence-electron chi connectivity index (χ1n) is 38.9. The number of hydrogen-bond donors (Lipinski definition) is 12. The molecule has 6 aliphatic rings. The van der Waals surface area contributed by atoms with Crippen LogP contribution in [0.1, 0.15) is 236 Å². The van der Waals surface area contributed by atoms with Crippen molar-refractivity contribution < 1.29 is 133 Å². The third-order valence-electron chi connectivity index (χ3n) is 21.3. The molecule has 6 heterocycles. The summed E-state index contributed by atoms with van der Waals surface area (Å²) in [4.78, 5) is 67.5. The molecule has 6 rings (SSSR count). The number of esters is 3. The van der Waals surface area contributed by atoms with E-state index in [0.29, 0.717) is 114 Å². The maximum atomic E-state index is 12.1. The van der Waals surface area contributed by atoms with E-state index in [-0.39, 0.29) is 91.4 Å². The molecule has 0 aliphatic carbocycles. The number of hydrogen-bond acceptors (Lipinski definition) is 24. The van der Waals surface area contributed by atoms with Crippen molar-refractivity contribution in [2.75, 3.05) is 39.6 Å². The van der Waals surface area contributed by atoms with Gasteiger partial charge in [-0.2, -0.15) is 0 Å². The average Bonchev–Trinajstić information content (AvgIpc) is 1.65. The number of ether oxygens (including phenoxy) is 9. The van der Waals surface area contributed by atoms with Gasteiger partial charge in [0.1, 0.15) is 18.3 Å². The zero-order valence-electron chi connectivity index (χ0n) is 63.9. The molecule has 6 fully saturated rings. The molecule has 12 N–H and O–H groups in total. The quantitative estimate of drug-likeness (QED) is 0.00909. The fourth-order valence-electron chi connectivity index (χ4n) is 13.8. The number of epoxide rings is 3. The van der Waals surface area contributed by atoms with Gasteiger partial charge in [-0.3, -0.25) is 14.4 Å². The van der Waals surface area contributed by atoms with Crippen LogP contribution in [0.4, 0.5) is 0 Å². The lowest BCUT2D eigenvalue weighted by Crippen LogP contribution is -2.50. The van der Waals surface area contributed by atoms with E-state index in [4.69, 9.17) is 58.0 Å². The Morgan fingerprint density at radius 3 is 0.781 bits per heavy atom. The molecule has 0 radical (unpaired) electrons. The van der Waals surface area contributed by atoms with Gasteiger partial charge in [0.2, 0.25) is 0 Å². The Balaban J connectivity index is 0.000000333. The summed E-state index contributed by atoms with van der Waals surface area (Å²) in [6.07, 6.45) is 13.8. The molecule has 0 aromatic carbocycles. The highest BCUT2D eigenvalue weighted by atomic mass is 16.6. The van der Waals surface area contributed by atoms with Gasteiger partial charge in [-0.25, -0.2) is 14.4 Å². The maximum Gasteiger partial charge on any atom is 0.330 e. The molecule has 0 spiro atoms.